The minimum Gasteiger partial charge on any atom is -0.480 e. The third-order valence-corrected chi connectivity index (χ3v) is 4.18. The third kappa shape index (κ3) is 3.18. The van der Waals surface area contributed by atoms with E-state index in [1.165, 1.54) is 4.90 Å². The summed E-state index contributed by atoms with van der Waals surface area (Å²) in [6, 6.07) is 3.72. The monoisotopic (exact) mass is 353 g/mol. The van der Waals surface area contributed by atoms with E-state index in [2.05, 4.69) is 26.2 Å². The molecule has 0 unspecified atom stereocenters. The molecule has 2 heterocycles. The van der Waals surface area contributed by atoms with Crippen molar-refractivity contribution in [3.05, 3.63) is 16.7 Å². The maximum atomic E-state index is 12.1. The average molecular weight is 354 g/mol. The lowest BCUT2D eigenvalue weighted by Gasteiger charge is -2.28. The van der Waals surface area contributed by atoms with E-state index in [-0.39, 0.29) is 31.0 Å². The van der Waals surface area contributed by atoms with Crippen molar-refractivity contribution >= 4 is 33.6 Å². The molecule has 112 valence electrons. The van der Waals surface area contributed by atoms with E-state index in [0.29, 0.717) is 16.2 Å². The van der Waals surface area contributed by atoms with Crippen molar-refractivity contribution in [1.29, 1.82) is 0 Å². The van der Waals surface area contributed by atoms with Crippen LogP contribution in [-0.4, -0.2) is 36.0 Å². The summed E-state index contributed by atoms with van der Waals surface area (Å²) < 4.78 is 5.93. The number of carbonyl (C=O) groups is 2. The maximum Gasteiger partial charge on any atom is 0.266 e. The number of fused-ring (bicyclic) bond motifs is 1. The van der Waals surface area contributed by atoms with Crippen LogP contribution in [0.1, 0.15) is 25.7 Å². The summed E-state index contributed by atoms with van der Waals surface area (Å²) in [7, 11) is 0. The molecule has 2 amide bonds. The predicted octanol–water partition coefficient (Wildman–Crippen LogP) is 1.63. The van der Waals surface area contributed by atoms with Crippen molar-refractivity contribution in [2.24, 2.45) is 0 Å². The molecule has 0 bridgehead atoms. The number of halogens is 1. The molecule has 2 aliphatic rings. The molecule has 0 spiro atoms. The van der Waals surface area contributed by atoms with Crippen molar-refractivity contribution in [1.82, 2.24) is 10.3 Å². The Labute approximate surface area is 131 Å². The van der Waals surface area contributed by atoms with Gasteiger partial charge in [0, 0.05) is 6.04 Å². The van der Waals surface area contributed by atoms with E-state index < -0.39 is 0 Å². The minimum absolute atomic E-state index is 0.0187. The molecular weight excluding hydrogens is 338 g/mol. The van der Waals surface area contributed by atoms with Gasteiger partial charge in [-0.2, -0.15) is 0 Å². The van der Waals surface area contributed by atoms with E-state index in [1.807, 2.05) is 0 Å². The highest BCUT2D eigenvalue weighted by atomic mass is 79.9. The van der Waals surface area contributed by atoms with Gasteiger partial charge in [0.2, 0.25) is 5.91 Å². The number of hydrogen-bond acceptors (Lipinski definition) is 4. The summed E-state index contributed by atoms with van der Waals surface area (Å²) in [4.78, 5) is 29.8. The first-order valence-corrected chi connectivity index (χ1v) is 7.82. The second-order valence-electron chi connectivity index (χ2n) is 5.27. The summed E-state index contributed by atoms with van der Waals surface area (Å²) in [6.45, 7) is -0.0812. The van der Waals surface area contributed by atoms with Crippen LogP contribution in [-0.2, 0) is 9.59 Å². The molecule has 0 saturated heterocycles. The summed E-state index contributed by atoms with van der Waals surface area (Å²) in [6.07, 6.45) is 4.34. The lowest BCUT2D eigenvalue weighted by atomic mass is 10.2. The molecular formula is C14H16BrN3O3. The predicted molar refractivity (Wildman–Crippen MR) is 80.2 cm³/mol. The first-order chi connectivity index (χ1) is 10.1. The van der Waals surface area contributed by atoms with Gasteiger partial charge in [-0.3, -0.25) is 14.5 Å². The quantitative estimate of drug-likeness (QED) is 0.838. The Morgan fingerprint density at radius 1 is 1.43 bits per heavy atom. The van der Waals surface area contributed by atoms with Gasteiger partial charge in [-0.25, -0.2) is 4.98 Å². The number of aromatic nitrogens is 1. The van der Waals surface area contributed by atoms with Gasteiger partial charge < -0.3 is 10.1 Å². The summed E-state index contributed by atoms with van der Waals surface area (Å²) in [5.74, 6) is 0.508. The van der Waals surface area contributed by atoms with Crippen LogP contribution >= 0.6 is 15.9 Å². The Morgan fingerprint density at radius 2 is 2.19 bits per heavy atom. The second-order valence-corrected chi connectivity index (χ2v) is 6.09. The maximum absolute atomic E-state index is 12.1. The lowest BCUT2D eigenvalue weighted by Crippen LogP contribution is -2.47. The Kier molecular flexibility index (Phi) is 4.10. The van der Waals surface area contributed by atoms with Crippen molar-refractivity contribution in [2.45, 2.75) is 31.7 Å². The Bertz CT molecular complexity index is 573. The molecule has 3 rings (SSSR count). The molecule has 1 aromatic rings. The molecule has 1 aliphatic heterocycles. The zero-order valence-corrected chi connectivity index (χ0v) is 13.1. The van der Waals surface area contributed by atoms with Gasteiger partial charge in [-0.15, -0.1) is 0 Å². The molecule has 1 aliphatic carbocycles. The lowest BCUT2D eigenvalue weighted by molar-refractivity contribution is -0.125. The van der Waals surface area contributed by atoms with Crippen molar-refractivity contribution in [3.8, 4) is 5.75 Å². The van der Waals surface area contributed by atoms with Gasteiger partial charge in [0.25, 0.3) is 5.91 Å². The van der Waals surface area contributed by atoms with Crippen LogP contribution in [0.3, 0.4) is 0 Å². The topological polar surface area (TPSA) is 71.5 Å². The van der Waals surface area contributed by atoms with Gasteiger partial charge in [0.05, 0.1) is 0 Å². The number of pyridine rings is 1. The van der Waals surface area contributed by atoms with E-state index >= 15 is 0 Å². The molecule has 21 heavy (non-hydrogen) atoms. The first-order valence-electron chi connectivity index (χ1n) is 7.02. The fourth-order valence-electron chi connectivity index (χ4n) is 2.70. The molecule has 1 aromatic heterocycles. The Balaban J connectivity index is 1.73. The van der Waals surface area contributed by atoms with Crippen LogP contribution in [0.4, 0.5) is 5.82 Å². The van der Waals surface area contributed by atoms with E-state index in [4.69, 9.17) is 4.74 Å². The van der Waals surface area contributed by atoms with Gasteiger partial charge in [-0.05, 0) is 40.9 Å². The molecule has 0 radical (unpaired) electrons. The van der Waals surface area contributed by atoms with Crippen LogP contribution in [0.25, 0.3) is 0 Å². The van der Waals surface area contributed by atoms with Gasteiger partial charge in [0.1, 0.15) is 11.1 Å². The van der Waals surface area contributed by atoms with Gasteiger partial charge in [-0.1, -0.05) is 12.8 Å². The fourth-order valence-corrected chi connectivity index (χ4v) is 3.00. The first kappa shape index (κ1) is 14.3. The number of nitrogens with zero attached hydrogens (tertiary/aromatic N) is 2. The van der Waals surface area contributed by atoms with Crippen LogP contribution in [0.15, 0.2) is 16.7 Å². The Hall–Kier alpha value is -1.63. The average Bonchev–Trinajstić information content (AvgIpc) is 2.95. The van der Waals surface area contributed by atoms with Gasteiger partial charge in [0.15, 0.2) is 18.2 Å². The number of hydrogen-bond donors (Lipinski definition) is 1. The largest absolute Gasteiger partial charge is 0.480 e. The second kappa shape index (κ2) is 6.01. The number of amides is 2. The van der Waals surface area contributed by atoms with Crippen molar-refractivity contribution in [3.63, 3.8) is 0 Å². The minimum atomic E-state index is -0.255. The fraction of sp³-hybridized carbons (Fsp3) is 0.500. The molecule has 0 aromatic carbocycles. The highest BCUT2D eigenvalue weighted by Gasteiger charge is 2.29. The Morgan fingerprint density at radius 3 is 2.95 bits per heavy atom. The van der Waals surface area contributed by atoms with Crippen molar-refractivity contribution in [2.75, 3.05) is 18.1 Å². The molecule has 0 atom stereocenters. The normalized spacial score (nSPS) is 18.3. The number of nitrogens with one attached hydrogen (secondary N) is 1. The summed E-state index contributed by atoms with van der Waals surface area (Å²) in [5.41, 5.74) is 0. The molecule has 1 fully saturated rings. The SMILES string of the molecule is O=C(CN1C(=O)COc2ccc(Br)nc21)NC1CCCC1. The molecule has 7 heteroatoms. The van der Waals surface area contributed by atoms with E-state index in [1.54, 1.807) is 12.1 Å². The van der Waals surface area contributed by atoms with Crippen LogP contribution < -0.4 is 15.0 Å². The third-order valence-electron chi connectivity index (χ3n) is 3.74. The van der Waals surface area contributed by atoms with E-state index in [9.17, 15) is 9.59 Å². The summed E-state index contributed by atoms with van der Waals surface area (Å²) in [5, 5.41) is 2.98. The zero-order chi connectivity index (χ0) is 14.8. The highest BCUT2D eigenvalue weighted by Crippen LogP contribution is 2.31. The highest BCUT2D eigenvalue weighted by molar-refractivity contribution is 9.10. The summed E-state index contributed by atoms with van der Waals surface area (Å²) >= 11 is 3.27. The van der Waals surface area contributed by atoms with Crippen LogP contribution in [0.5, 0.6) is 5.75 Å². The molecule has 1 saturated carbocycles. The van der Waals surface area contributed by atoms with E-state index in [0.717, 1.165) is 25.7 Å². The number of rotatable bonds is 3. The number of anilines is 1. The number of ether oxygens (including phenoxy) is 1. The molecule has 1 N–H and O–H groups in total. The molecule has 6 nitrogen and oxygen atoms in total. The van der Waals surface area contributed by atoms with Crippen LogP contribution in [0, 0.1) is 0 Å². The van der Waals surface area contributed by atoms with Crippen molar-refractivity contribution < 1.29 is 14.3 Å². The van der Waals surface area contributed by atoms with Gasteiger partial charge >= 0.3 is 0 Å². The number of carbonyl (C=O) groups excluding carboxylic acids is 2. The standard InChI is InChI=1S/C14H16BrN3O3/c15-11-6-5-10-14(17-11)18(13(20)8-21-10)7-12(19)16-9-3-1-2-4-9/h5-6,9H,1-4,7-8H2,(H,16,19). The van der Waals surface area contributed by atoms with Crippen LogP contribution in [0.2, 0.25) is 0 Å². The zero-order valence-electron chi connectivity index (χ0n) is 11.5. The smallest absolute Gasteiger partial charge is 0.266 e.